The Labute approximate surface area is 150 Å². The standard InChI is InChI=1S/C18H19N3O5/c1-12(2)19-18(23)15-5-3-4-6-16(15)20-17(22)11-26-14-9-7-13(8-10-14)21(24)25/h3-10,12H,11H2,1-2H3,(H,19,23)(H,20,22). The average molecular weight is 357 g/mol. The molecule has 0 heterocycles. The lowest BCUT2D eigenvalue weighted by atomic mass is 10.1. The fraction of sp³-hybridized carbons (Fsp3) is 0.222. The first-order valence-corrected chi connectivity index (χ1v) is 7.94. The van der Waals surface area contributed by atoms with Gasteiger partial charge in [-0.3, -0.25) is 19.7 Å². The predicted octanol–water partition coefficient (Wildman–Crippen LogP) is 2.75. The number of hydrogen-bond acceptors (Lipinski definition) is 5. The molecule has 0 aliphatic rings. The maximum absolute atomic E-state index is 12.2. The van der Waals surface area contributed by atoms with Gasteiger partial charge in [0.1, 0.15) is 5.75 Å². The number of non-ortho nitro benzene ring substituents is 1. The van der Waals surface area contributed by atoms with Gasteiger partial charge in [-0.05, 0) is 38.1 Å². The van der Waals surface area contributed by atoms with Crippen LogP contribution in [0.4, 0.5) is 11.4 Å². The number of nitrogens with zero attached hydrogens (tertiary/aromatic N) is 1. The van der Waals surface area contributed by atoms with E-state index in [9.17, 15) is 19.7 Å². The molecule has 0 atom stereocenters. The Morgan fingerprint density at radius 2 is 1.77 bits per heavy atom. The summed E-state index contributed by atoms with van der Waals surface area (Å²) in [6, 6.07) is 12.0. The summed E-state index contributed by atoms with van der Waals surface area (Å²) in [6.07, 6.45) is 0. The topological polar surface area (TPSA) is 111 Å². The zero-order chi connectivity index (χ0) is 19.1. The van der Waals surface area contributed by atoms with Gasteiger partial charge in [0.05, 0.1) is 16.2 Å². The van der Waals surface area contributed by atoms with E-state index in [2.05, 4.69) is 10.6 Å². The molecule has 26 heavy (non-hydrogen) atoms. The third-order valence-electron chi connectivity index (χ3n) is 3.28. The van der Waals surface area contributed by atoms with Crippen LogP contribution in [0.25, 0.3) is 0 Å². The second-order valence-electron chi connectivity index (χ2n) is 5.76. The van der Waals surface area contributed by atoms with E-state index in [1.165, 1.54) is 24.3 Å². The SMILES string of the molecule is CC(C)NC(=O)c1ccccc1NC(=O)COc1ccc([N+](=O)[O-])cc1. The van der Waals surface area contributed by atoms with E-state index in [1.54, 1.807) is 24.3 Å². The number of benzene rings is 2. The lowest BCUT2D eigenvalue weighted by Gasteiger charge is -2.13. The lowest BCUT2D eigenvalue weighted by Crippen LogP contribution is -2.31. The molecule has 136 valence electrons. The van der Waals surface area contributed by atoms with Crippen molar-refractivity contribution in [3.05, 3.63) is 64.2 Å². The maximum Gasteiger partial charge on any atom is 0.269 e. The zero-order valence-corrected chi connectivity index (χ0v) is 14.4. The first-order valence-electron chi connectivity index (χ1n) is 7.94. The molecule has 2 aromatic rings. The molecule has 2 N–H and O–H groups in total. The predicted molar refractivity (Wildman–Crippen MR) is 96.3 cm³/mol. The van der Waals surface area contributed by atoms with Gasteiger partial charge in [0, 0.05) is 18.2 Å². The monoisotopic (exact) mass is 357 g/mol. The Morgan fingerprint density at radius 1 is 1.12 bits per heavy atom. The van der Waals surface area contributed by atoms with Crippen LogP contribution in [0.3, 0.4) is 0 Å². The van der Waals surface area contributed by atoms with Crippen molar-refractivity contribution in [2.24, 2.45) is 0 Å². The highest BCUT2D eigenvalue weighted by Crippen LogP contribution is 2.18. The van der Waals surface area contributed by atoms with Crippen molar-refractivity contribution in [3.63, 3.8) is 0 Å². The van der Waals surface area contributed by atoms with Crippen molar-refractivity contribution in [1.82, 2.24) is 5.32 Å². The summed E-state index contributed by atoms with van der Waals surface area (Å²) in [7, 11) is 0. The van der Waals surface area contributed by atoms with Gasteiger partial charge in [-0.25, -0.2) is 0 Å². The van der Waals surface area contributed by atoms with Gasteiger partial charge >= 0.3 is 0 Å². The number of ether oxygens (including phenoxy) is 1. The van der Waals surface area contributed by atoms with Gasteiger partial charge < -0.3 is 15.4 Å². The van der Waals surface area contributed by atoms with Crippen molar-refractivity contribution in [2.45, 2.75) is 19.9 Å². The molecule has 0 saturated heterocycles. The molecular weight excluding hydrogens is 338 g/mol. The average Bonchev–Trinajstić information content (AvgIpc) is 2.60. The highest BCUT2D eigenvalue weighted by molar-refractivity contribution is 6.04. The van der Waals surface area contributed by atoms with E-state index in [0.717, 1.165) is 0 Å². The van der Waals surface area contributed by atoms with E-state index < -0.39 is 10.8 Å². The molecular formula is C18H19N3O5. The molecule has 0 saturated carbocycles. The van der Waals surface area contributed by atoms with Crippen LogP contribution in [-0.4, -0.2) is 29.4 Å². The minimum Gasteiger partial charge on any atom is -0.484 e. The van der Waals surface area contributed by atoms with Crippen molar-refractivity contribution in [3.8, 4) is 5.75 Å². The van der Waals surface area contributed by atoms with E-state index in [1.807, 2.05) is 13.8 Å². The molecule has 0 unspecified atom stereocenters. The molecule has 0 radical (unpaired) electrons. The molecule has 0 aromatic heterocycles. The highest BCUT2D eigenvalue weighted by Gasteiger charge is 2.14. The molecule has 2 aromatic carbocycles. The van der Waals surface area contributed by atoms with Gasteiger partial charge in [0.25, 0.3) is 17.5 Å². The number of anilines is 1. The van der Waals surface area contributed by atoms with Crippen molar-refractivity contribution >= 4 is 23.2 Å². The fourth-order valence-electron chi connectivity index (χ4n) is 2.13. The van der Waals surface area contributed by atoms with Crippen LogP contribution < -0.4 is 15.4 Å². The van der Waals surface area contributed by atoms with E-state index >= 15 is 0 Å². The first-order chi connectivity index (χ1) is 12.4. The largest absolute Gasteiger partial charge is 0.484 e. The molecule has 0 spiro atoms. The third kappa shape index (κ3) is 5.30. The fourth-order valence-corrected chi connectivity index (χ4v) is 2.13. The Balaban J connectivity index is 1.97. The van der Waals surface area contributed by atoms with Crippen molar-refractivity contribution in [1.29, 1.82) is 0 Å². The number of rotatable bonds is 7. The highest BCUT2D eigenvalue weighted by atomic mass is 16.6. The van der Waals surface area contributed by atoms with Crippen LogP contribution in [0.5, 0.6) is 5.75 Å². The third-order valence-corrected chi connectivity index (χ3v) is 3.28. The number of carbonyl (C=O) groups excluding carboxylic acids is 2. The molecule has 2 amide bonds. The number of nitrogens with one attached hydrogen (secondary N) is 2. The van der Waals surface area contributed by atoms with E-state index in [0.29, 0.717) is 17.0 Å². The molecule has 2 rings (SSSR count). The van der Waals surface area contributed by atoms with Gasteiger partial charge in [-0.1, -0.05) is 12.1 Å². The van der Waals surface area contributed by atoms with Gasteiger partial charge in [0.15, 0.2) is 6.61 Å². The molecule has 8 heteroatoms. The second kappa shape index (κ2) is 8.61. The van der Waals surface area contributed by atoms with Crippen LogP contribution in [0.2, 0.25) is 0 Å². The minimum absolute atomic E-state index is 0.0308. The quantitative estimate of drug-likeness (QED) is 0.585. The molecule has 8 nitrogen and oxygen atoms in total. The van der Waals surface area contributed by atoms with Crippen LogP contribution in [0.15, 0.2) is 48.5 Å². The summed E-state index contributed by atoms with van der Waals surface area (Å²) >= 11 is 0. The number of nitro benzene ring substituents is 1. The van der Waals surface area contributed by atoms with Crippen molar-refractivity contribution < 1.29 is 19.2 Å². The Morgan fingerprint density at radius 3 is 2.38 bits per heavy atom. The summed E-state index contributed by atoms with van der Waals surface area (Å²) in [5, 5.41) is 16.0. The smallest absolute Gasteiger partial charge is 0.269 e. The first kappa shape index (κ1) is 18.9. The molecule has 0 bridgehead atoms. The second-order valence-corrected chi connectivity index (χ2v) is 5.76. The van der Waals surface area contributed by atoms with Crippen LogP contribution >= 0.6 is 0 Å². The summed E-state index contributed by atoms with van der Waals surface area (Å²) in [4.78, 5) is 34.3. The summed E-state index contributed by atoms with van der Waals surface area (Å²) in [6.45, 7) is 3.40. The maximum atomic E-state index is 12.2. The van der Waals surface area contributed by atoms with Gasteiger partial charge in [0.2, 0.25) is 0 Å². The normalized spacial score (nSPS) is 10.3. The summed E-state index contributed by atoms with van der Waals surface area (Å²) in [5.74, 6) is -0.406. The van der Waals surface area contributed by atoms with Crippen LogP contribution in [0.1, 0.15) is 24.2 Å². The van der Waals surface area contributed by atoms with Crippen LogP contribution in [0, 0.1) is 10.1 Å². The number of amides is 2. The number of carbonyl (C=O) groups is 2. The lowest BCUT2D eigenvalue weighted by molar-refractivity contribution is -0.384. The minimum atomic E-state index is -0.518. The number of para-hydroxylation sites is 1. The Kier molecular flexibility index (Phi) is 6.26. The van der Waals surface area contributed by atoms with Gasteiger partial charge in [-0.2, -0.15) is 0 Å². The number of hydrogen-bond donors (Lipinski definition) is 2. The Hall–Kier alpha value is -3.42. The van der Waals surface area contributed by atoms with E-state index in [4.69, 9.17) is 4.74 Å². The summed E-state index contributed by atoms with van der Waals surface area (Å²) < 4.78 is 5.30. The Bertz CT molecular complexity index is 803. The van der Waals surface area contributed by atoms with Crippen molar-refractivity contribution in [2.75, 3.05) is 11.9 Å². The molecule has 0 aliphatic heterocycles. The van der Waals surface area contributed by atoms with Crippen LogP contribution in [-0.2, 0) is 4.79 Å². The zero-order valence-electron chi connectivity index (χ0n) is 14.4. The van der Waals surface area contributed by atoms with E-state index in [-0.39, 0.29) is 24.2 Å². The van der Waals surface area contributed by atoms with Gasteiger partial charge in [-0.15, -0.1) is 0 Å². The summed E-state index contributed by atoms with van der Waals surface area (Å²) in [5.41, 5.74) is 0.666. The molecule has 0 fully saturated rings. The number of nitro groups is 1. The molecule has 0 aliphatic carbocycles.